The fourth-order valence-corrected chi connectivity index (χ4v) is 2.88. The normalized spacial score (nSPS) is 12.2. The highest BCUT2D eigenvalue weighted by molar-refractivity contribution is 9.10. The second kappa shape index (κ2) is 8.54. The van der Waals surface area contributed by atoms with Crippen molar-refractivity contribution in [2.24, 2.45) is 5.73 Å². The summed E-state index contributed by atoms with van der Waals surface area (Å²) in [6.45, 7) is 4.31. The maximum Gasteiger partial charge on any atom is 0.131 e. The van der Waals surface area contributed by atoms with Crippen LogP contribution in [-0.4, -0.2) is 11.1 Å². The number of unbranched alkanes of at least 4 members (excludes halogenated alkanes) is 3. The van der Waals surface area contributed by atoms with Gasteiger partial charge in [0, 0.05) is 4.47 Å². The average molecular weight is 344 g/mol. The summed E-state index contributed by atoms with van der Waals surface area (Å²) in [6, 6.07) is 5.78. The maximum absolute atomic E-state index is 5.97. The molecule has 0 aromatic heterocycles. The lowest BCUT2D eigenvalue weighted by molar-refractivity contribution is 0.206. The standard InChI is InChI=1S/C15H22BrNOS/c1-3-4-5-6-8-11(2)18-13-10-7-9-12(16)14(13)15(17)19/h7,9-11H,3-6,8H2,1-2H3,(H2,17,19). The monoisotopic (exact) mass is 343 g/mol. The molecular weight excluding hydrogens is 322 g/mol. The predicted molar refractivity (Wildman–Crippen MR) is 88.9 cm³/mol. The van der Waals surface area contributed by atoms with Crippen LogP contribution < -0.4 is 10.5 Å². The van der Waals surface area contributed by atoms with Gasteiger partial charge in [-0.05, 0) is 47.8 Å². The summed E-state index contributed by atoms with van der Waals surface area (Å²) in [5.74, 6) is 0.768. The smallest absolute Gasteiger partial charge is 0.131 e. The van der Waals surface area contributed by atoms with Crippen molar-refractivity contribution in [2.75, 3.05) is 0 Å². The van der Waals surface area contributed by atoms with Crippen LogP contribution in [0.15, 0.2) is 22.7 Å². The van der Waals surface area contributed by atoms with E-state index < -0.39 is 0 Å². The van der Waals surface area contributed by atoms with E-state index in [0.717, 1.165) is 22.2 Å². The molecule has 0 bridgehead atoms. The molecule has 2 nitrogen and oxygen atoms in total. The van der Waals surface area contributed by atoms with E-state index in [-0.39, 0.29) is 6.10 Å². The first-order valence-electron chi connectivity index (χ1n) is 6.81. The van der Waals surface area contributed by atoms with Crippen LogP contribution in [0.5, 0.6) is 5.75 Å². The van der Waals surface area contributed by atoms with Crippen LogP contribution in [-0.2, 0) is 0 Å². The third kappa shape index (κ3) is 5.49. The molecule has 0 saturated carbocycles. The zero-order chi connectivity index (χ0) is 14.3. The summed E-state index contributed by atoms with van der Waals surface area (Å²) in [5.41, 5.74) is 6.54. The molecule has 106 valence electrons. The Bertz CT molecular complexity index is 423. The van der Waals surface area contributed by atoms with Crippen molar-refractivity contribution in [1.29, 1.82) is 0 Å². The molecule has 0 radical (unpaired) electrons. The molecule has 0 amide bonds. The predicted octanol–water partition coefficient (Wildman–Crippen LogP) is 4.82. The van der Waals surface area contributed by atoms with Crippen LogP contribution in [0.4, 0.5) is 0 Å². The Morgan fingerprint density at radius 1 is 1.37 bits per heavy atom. The number of rotatable bonds is 8. The van der Waals surface area contributed by atoms with Crippen molar-refractivity contribution in [3.05, 3.63) is 28.2 Å². The third-order valence-electron chi connectivity index (χ3n) is 3.01. The Balaban J connectivity index is 2.61. The molecule has 1 unspecified atom stereocenters. The molecule has 0 heterocycles. The summed E-state index contributed by atoms with van der Waals surface area (Å²) in [7, 11) is 0. The van der Waals surface area contributed by atoms with Gasteiger partial charge < -0.3 is 10.5 Å². The molecule has 0 aliphatic carbocycles. The van der Waals surface area contributed by atoms with Crippen molar-refractivity contribution in [3.63, 3.8) is 0 Å². The van der Waals surface area contributed by atoms with Gasteiger partial charge in [0.2, 0.25) is 0 Å². The maximum atomic E-state index is 5.97. The minimum absolute atomic E-state index is 0.180. The van der Waals surface area contributed by atoms with Gasteiger partial charge in [-0.3, -0.25) is 0 Å². The van der Waals surface area contributed by atoms with Crippen molar-refractivity contribution in [2.45, 2.75) is 52.1 Å². The quantitative estimate of drug-likeness (QED) is 0.542. The highest BCUT2D eigenvalue weighted by Gasteiger charge is 2.13. The van der Waals surface area contributed by atoms with Gasteiger partial charge in [-0.25, -0.2) is 0 Å². The van der Waals surface area contributed by atoms with E-state index in [4.69, 9.17) is 22.7 Å². The number of benzene rings is 1. The topological polar surface area (TPSA) is 35.2 Å². The fourth-order valence-electron chi connectivity index (χ4n) is 1.98. The van der Waals surface area contributed by atoms with Gasteiger partial charge in [0.1, 0.15) is 10.7 Å². The van der Waals surface area contributed by atoms with E-state index >= 15 is 0 Å². The van der Waals surface area contributed by atoms with Crippen molar-refractivity contribution >= 4 is 33.1 Å². The fraction of sp³-hybridized carbons (Fsp3) is 0.533. The zero-order valence-corrected chi connectivity index (χ0v) is 14.0. The molecule has 1 aromatic rings. The zero-order valence-electron chi connectivity index (χ0n) is 11.6. The number of halogens is 1. The van der Waals surface area contributed by atoms with E-state index in [1.165, 1.54) is 25.7 Å². The Morgan fingerprint density at radius 2 is 2.11 bits per heavy atom. The molecule has 1 atom stereocenters. The largest absolute Gasteiger partial charge is 0.490 e. The molecule has 1 aromatic carbocycles. The lowest BCUT2D eigenvalue weighted by Gasteiger charge is -2.18. The summed E-state index contributed by atoms with van der Waals surface area (Å²) < 4.78 is 6.86. The highest BCUT2D eigenvalue weighted by atomic mass is 79.9. The number of nitrogens with two attached hydrogens (primary N) is 1. The van der Waals surface area contributed by atoms with E-state index in [9.17, 15) is 0 Å². The number of hydrogen-bond acceptors (Lipinski definition) is 2. The first kappa shape index (κ1) is 16.4. The first-order chi connectivity index (χ1) is 9.06. The molecular formula is C15H22BrNOS. The molecule has 0 saturated heterocycles. The molecule has 2 N–H and O–H groups in total. The summed E-state index contributed by atoms with van der Waals surface area (Å²) in [4.78, 5) is 0.362. The summed E-state index contributed by atoms with van der Waals surface area (Å²) in [6.07, 6.45) is 6.26. The Labute approximate surface area is 129 Å². The minimum Gasteiger partial charge on any atom is -0.490 e. The molecule has 1 rings (SSSR count). The van der Waals surface area contributed by atoms with Gasteiger partial charge in [0.15, 0.2) is 0 Å². The average Bonchev–Trinajstić information content (AvgIpc) is 2.34. The van der Waals surface area contributed by atoms with Crippen LogP contribution in [0.1, 0.15) is 51.5 Å². The van der Waals surface area contributed by atoms with Gasteiger partial charge in [-0.1, -0.05) is 44.5 Å². The Hall–Kier alpha value is -0.610. The van der Waals surface area contributed by atoms with Crippen molar-refractivity contribution in [3.8, 4) is 5.75 Å². The second-order valence-electron chi connectivity index (χ2n) is 4.76. The number of ether oxygens (including phenoxy) is 1. The van der Waals surface area contributed by atoms with Gasteiger partial charge in [-0.15, -0.1) is 0 Å². The SMILES string of the molecule is CCCCCCC(C)Oc1cccc(Br)c1C(N)=S. The van der Waals surface area contributed by atoms with E-state index in [1.807, 2.05) is 18.2 Å². The van der Waals surface area contributed by atoms with Crippen LogP contribution in [0.2, 0.25) is 0 Å². The Morgan fingerprint density at radius 3 is 2.74 bits per heavy atom. The lowest BCUT2D eigenvalue weighted by Crippen LogP contribution is -2.17. The third-order valence-corrected chi connectivity index (χ3v) is 3.88. The molecule has 0 aliphatic rings. The highest BCUT2D eigenvalue weighted by Crippen LogP contribution is 2.28. The van der Waals surface area contributed by atoms with Gasteiger partial charge in [0.25, 0.3) is 0 Å². The van der Waals surface area contributed by atoms with Crippen LogP contribution in [0.3, 0.4) is 0 Å². The van der Waals surface area contributed by atoms with E-state index in [1.54, 1.807) is 0 Å². The summed E-state index contributed by atoms with van der Waals surface area (Å²) >= 11 is 8.54. The van der Waals surface area contributed by atoms with Crippen LogP contribution >= 0.6 is 28.1 Å². The lowest BCUT2D eigenvalue weighted by atomic mass is 10.1. The molecule has 0 spiro atoms. The number of thiocarbonyl (C=S) groups is 1. The van der Waals surface area contributed by atoms with Gasteiger partial charge >= 0.3 is 0 Å². The Kier molecular flexibility index (Phi) is 7.39. The molecule has 0 fully saturated rings. The van der Waals surface area contributed by atoms with Crippen LogP contribution in [0.25, 0.3) is 0 Å². The number of hydrogen-bond donors (Lipinski definition) is 1. The van der Waals surface area contributed by atoms with E-state index in [2.05, 4.69) is 29.8 Å². The summed E-state index contributed by atoms with van der Waals surface area (Å²) in [5, 5.41) is 0. The van der Waals surface area contributed by atoms with Gasteiger partial charge in [-0.2, -0.15) is 0 Å². The van der Waals surface area contributed by atoms with Crippen molar-refractivity contribution in [1.82, 2.24) is 0 Å². The van der Waals surface area contributed by atoms with Crippen LogP contribution in [0, 0.1) is 0 Å². The molecule has 19 heavy (non-hydrogen) atoms. The molecule has 0 aliphatic heterocycles. The minimum atomic E-state index is 0.180. The van der Waals surface area contributed by atoms with Crippen molar-refractivity contribution < 1.29 is 4.74 Å². The first-order valence-corrected chi connectivity index (χ1v) is 8.01. The molecule has 4 heteroatoms. The van der Waals surface area contributed by atoms with Gasteiger partial charge in [0.05, 0.1) is 11.7 Å². The second-order valence-corrected chi connectivity index (χ2v) is 6.05. The van der Waals surface area contributed by atoms with E-state index in [0.29, 0.717) is 4.99 Å².